The molecule has 0 fully saturated rings. The molecule has 0 aliphatic carbocycles. The molecule has 1 N–H and O–H groups in total. The maximum Gasteiger partial charge on any atom is 0.127 e. The van der Waals surface area contributed by atoms with Gasteiger partial charge in [0.1, 0.15) is 17.2 Å². The second kappa shape index (κ2) is 5.40. The molecule has 1 aliphatic rings. The van der Waals surface area contributed by atoms with Crippen molar-refractivity contribution < 1.29 is 19.5 Å². The van der Waals surface area contributed by atoms with Crippen molar-refractivity contribution in [3.8, 4) is 17.2 Å². The lowest BCUT2D eigenvalue weighted by atomic mass is 10.1. The number of rotatable bonds is 3. The van der Waals surface area contributed by atoms with E-state index in [0.29, 0.717) is 12.3 Å². The molecule has 20 heavy (non-hydrogen) atoms. The summed E-state index contributed by atoms with van der Waals surface area (Å²) in [6.07, 6.45) is 0.742. The summed E-state index contributed by atoms with van der Waals surface area (Å²) < 4.78 is 10.9. The Morgan fingerprint density at radius 1 is 1.05 bits per heavy atom. The van der Waals surface area contributed by atoms with E-state index < -0.39 is 0 Å². The van der Waals surface area contributed by atoms with Crippen molar-refractivity contribution >= 4 is 5.69 Å². The van der Waals surface area contributed by atoms with Gasteiger partial charge >= 0.3 is 0 Å². The number of hydrogen-bond acceptors (Lipinski definition) is 5. The predicted octanol–water partition coefficient (Wildman–Crippen LogP) is 3.17. The molecule has 104 valence electrons. The first-order chi connectivity index (χ1) is 9.76. The lowest BCUT2D eigenvalue weighted by molar-refractivity contribution is -0.0473. The Labute approximate surface area is 116 Å². The molecule has 0 spiro atoms. The van der Waals surface area contributed by atoms with Crippen LogP contribution >= 0.6 is 0 Å². The molecular weight excluding hydrogens is 258 g/mol. The average molecular weight is 273 g/mol. The summed E-state index contributed by atoms with van der Waals surface area (Å²) >= 11 is 0. The zero-order valence-corrected chi connectivity index (χ0v) is 11.1. The Kier molecular flexibility index (Phi) is 3.45. The van der Waals surface area contributed by atoms with Gasteiger partial charge in [-0.3, -0.25) is 5.21 Å². The highest BCUT2D eigenvalue weighted by molar-refractivity contribution is 5.54. The molecule has 2 aromatic rings. The van der Waals surface area contributed by atoms with E-state index in [1.807, 2.05) is 30.3 Å². The quantitative estimate of drug-likeness (QED) is 0.930. The van der Waals surface area contributed by atoms with Crippen molar-refractivity contribution in [3.63, 3.8) is 0 Å². The Hall–Kier alpha value is -2.24. The number of ether oxygens (including phenoxy) is 2. The molecule has 3 rings (SSSR count). The molecule has 0 saturated carbocycles. The predicted molar refractivity (Wildman–Crippen MR) is 73.4 cm³/mol. The van der Waals surface area contributed by atoms with Gasteiger partial charge in [-0.15, -0.1) is 5.23 Å². The second-order valence-electron chi connectivity index (χ2n) is 4.42. The SMILES string of the molecule is COc1ccc(Oc2ccc3c(c2)CCON3O)cc1. The second-order valence-corrected chi connectivity index (χ2v) is 4.42. The normalized spacial score (nSPS) is 13.8. The van der Waals surface area contributed by atoms with E-state index >= 15 is 0 Å². The fourth-order valence-electron chi connectivity index (χ4n) is 2.10. The average Bonchev–Trinajstić information content (AvgIpc) is 2.48. The van der Waals surface area contributed by atoms with E-state index in [1.165, 1.54) is 0 Å². The number of anilines is 1. The van der Waals surface area contributed by atoms with Crippen LogP contribution in [0.4, 0.5) is 5.69 Å². The number of benzene rings is 2. The molecule has 2 aromatic carbocycles. The maximum atomic E-state index is 9.56. The minimum absolute atomic E-state index is 0.454. The molecule has 1 aliphatic heterocycles. The highest BCUT2D eigenvalue weighted by atomic mass is 16.9. The summed E-state index contributed by atoms with van der Waals surface area (Å²) in [4.78, 5) is 5.02. The van der Waals surface area contributed by atoms with Crippen molar-refractivity contribution in [1.29, 1.82) is 0 Å². The first kappa shape index (κ1) is 12.8. The van der Waals surface area contributed by atoms with Crippen LogP contribution in [0.2, 0.25) is 0 Å². The Bertz CT molecular complexity index is 597. The lowest BCUT2D eigenvalue weighted by Gasteiger charge is -2.24. The Morgan fingerprint density at radius 3 is 2.50 bits per heavy atom. The molecule has 0 bridgehead atoms. The van der Waals surface area contributed by atoms with Gasteiger partial charge in [0.05, 0.1) is 19.4 Å². The third-order valence-electron chi connectivity index (χ3n) is 3.14. The van der Waals surface area contributed by atoms with E-state index in [-0.39, 0.29) is 0 Å². The van der Waals surface area contributed by atoms with Gasteiger partial charge in [0.2, 0.25) is 0 Å². The van der Waals surface area contributed by atoms with Gasteiger partial charge in [-0.1, -0.05) is 0 Å². The molecule has 0 radical (unpaired) electrons. The van der Waals surface area contributed by atoms with Crippen LogP contribution in [0.5, 0.6) is 17.2 Å². The van der Waals surface area contributed by atoms with Crippen LogP contribution in [0.15, 0.2) is 42.5 Å². The molecule has 0 saturated heterocycles. The first-order valence-electron chi connectivity index (χ1n) is 6.33. The van der Waals surface area contributed by atoms with Crippen molar-refractivity contribution in [2.45, 2.75) is 6.42 Å². The van der Waals surface area contributed by atoms with Gasteiger partial charge in [0.25, 0.3) is 0 Å². The van der Waals surface area contributed by atoms with Gasteiger partial charge in [0, 0.05) is 6.42 Å². The van der Waals surface area contributed by atoms with Crippen LogP contribution in [-0.2, 0) is 11.3 Å². The largest absolute Gasteiger partial charge is 0.497 e. The Balaban J connectivity index is 1.80. The standard InChI is InChI=1S/C15H15NO4/c1-18-12-2-4-13(5-3-12)20-14-6-7-15-11(10-14)8-9-19-16(15)17/h2-7,10,17H,8-9H2,1H3. The molecule has 5 nitrogen and oxygen atoms in total. The molecule has 0 amide bonds. The highest BCUT2D eigenvalue weighted by Crippen LogP contribution is 2.31. The van der Waals surface area contributed by atoms with Crippen molar-refractivity contribution in [3.05, 3.63) is 48.0 Å². The number of hydrogen-bond donors (Lipinski definition) is 1. The van der Waals surface area contributed by atoms with Crippen LogP contribution < -0.4 is 14.7 Å². The first-order valence-corrected chi connectivity index (χ1v) is 6.33. The summed E-state index contributed by atoms with van der Waals surface area (Å²) in [6.45, 7) is 0.454. The van der Waals surface area contributed by atoms with Gasteiger partial charge in [-0.2, -0.15) is 0 Å². The van der Waals surface area contributed by atoms with E-state index in [4.69, 9.17) is 14.3 Å². The molecular formula is C15H15NO4. The van der Waals surface area contributed by atoms with Crippen LogP contribution in [0.25, 0.3) is 0 Å². The Morgan fingerprint density at radius 2 is 1.75 bits per heavy atom. The summed E-state index contributed by atoms with van der Waals surface area (Å²) in [5.41, 5.74) is 1.64. The minimum atomic E-state index is 0.454. The number of nitrogens with zero attached hydrogens (tertiary/aromatic N) is 1. The highest BCUT2D eigenvalue weighted by Gasteiger charge is 2.16. The third kappa shape index (κ3) is 2.54. The summed E-state index contributed by atoms with van der Waals surface area (Å²) in [5.74, 6) is 2.25. The van der Waals surface area contributed by atoms with E-state index in [1.54, 1.807) is 19.2 Å². The molecule has 5 heteroatoms. The minimum Gasteiger partial charge on any atom is -0.497 e. The monoisotopic (exact) mass is 273 g/mol. The van der Waals surface area contributed by atoms with Gasteiger partial charge in [-0.25, -0.2) is 4.84 Å². The topological polar surface area (TPSA) is 51.2 Å². The van der Waals surface area contributed by atoms with E-state index in [9.17, 15) is 5.21 Å². The number of methoxy groups -OCH3 is 1. The van der Waals surface area contributed by atoms with Crippen molar-refractivity contribution in [2.24, 2.45) is 0 Å². The zero-order valence-electron chi connectivity index (χ0n) is 11.1. The van der Waals surface area contributed by atoms with Gasteiger partial charge in [0.15, 0.2) is 0 Å². The third-order valence-corrected chi connectivity index (χ3v) is 3.14. The molecule has 0 unspecified atom stereocenters. The molecule has 0 atom stereocenters. The summed E-state index contributed by atoms with van der Waals surface area (Å²) in [6, 6.07) is 12.9. The summed E-state index contributed by atoms with van der Waals surface area (Å²) in [5, 5.41) is 10.4. The lowest BCUT2D eigenvalue weighted by Crippen LogP contribution is -2.26. The van der Waals surface area contributed by atoms with Crippen LogP contribution in [0, 0.1) is 0 Å². The van der Waals surface area contributed by atoms with Gasteiger partial charge < -0.3 is 9.47 Å². The smallest absolute Gasteiger partial charge is 0.127 e. The van der Waals surface area contributed by atoms with Crippen LogP contribution in [0.1, 0.15) is 5.56 Å². The van der Waals surface area contributed by atoms with E-state index in [2.05, 4.69) is 0 Å². The summed E-state index contributed by atoms with van der Waals surface area (Å²) in [7, 11) is 1.63. The molecule has 1 heterocycles. The van der Waals surface area contributed by atoms with Crippen LogP contribution in [0.3, 0.4) is 0 Å². The number of fused-ring (bicyclic) bond motifs is 1. The maximum absolute atomic E-state index is 9.56. The molecule has 0 aromatic heterocycles. The van der Waals surface area contributed by atoms with Crippen molar-refractivity contribution in [1.82, 2.24) is 0 Å². The fourth-order valence-corrected chi connectivity index (χ4v) is 2.10. The van der Waals surface area contributed by atoms with Crippen LogP contribution in [-0.4, -0.2) is 18.9 Å². The van der Waals surface area contributed by atoms with E-state index in [0.717, 1.165) is 34.5 Å². The zero-order chi connectivity index (χ0) is 13.9. The fraction of sp³-hybridized carbons (Fsp3) is 0.200. The van der Waals surface area contributed by atoms with Gasteiger partial charge in [-0.05, 0) is 48.0 Å². The van der Waals surface area contributed by atoms with Crippen molar-refractivity contribution in [2.75, 3.05) is 18.9 Å².